The minimum atomic E-state index is -0.362. The lowest BCUT2D eigenvalue weighted by atomic mass is 9.92. The molecule has 0 spiro atoms. The molecular weight excluding hydrogens is 392 g/mol. The smallest absolute Gasteiger partial charge is 0.275 e. The van der Waals surface area contributed by atoms with Gasteiger partial charge in [0.2, 0.25) is 6.79 Å². The van der Waals surface area contributed by atoms with E-state index < -0.39 is 0 Å². The van der Waals surface area contributed by atoms with E-state index in [2.05, 4.69) is 0 Å². The summed E-state index contributed by atoms with van der Waals surface area (Å²) in [6.45, 7) is 5.61. The van der Waals surface area contributed by atoms with Crippen molar-refractivity contribution in [1.29, 1.82) is 0 Å². The SMILES string of the molecule is Cc1cc(C2=NN(C(N)=S)C(C)Cc3cc4c(cc32)OCO4)cc(C)c1[N+](=O)[O-]. The van der Waals surface area contributed by atoms with Gasteiger partial charge >= 0.3 is 0 Å². The Bertz CT molecular complexity index is 1060. The number of aryl methyl sites for hydroxylation is 2. The van der Waals surface area contributed by atoms with Gasteiger partial charge in [-0.1, -0.05) is 0 Å². The van der Waals surface area contributed by atoms with Gasteiger partial charge in [0.05, 0.1) is 16.7 Å². The van der Waals surface area contributed by atoms with E-state index in [1.54, 1.807) is 31.0 Å². The first kappa shape index (κ1) is 19.1. The van der Waals surface area contributed by atoms with Crippen LogP contribution in [0.4, 0.5) is 5.69 Å². The van der Waals surface area contributed by atoms with E-state index in [1.165, 1.54) is 0 Å². The molecule has 0 saturated carbocycles. The van der Waals surface area contributed by atoms with Crippen LogP contribution in [0.3, 0.4) is 0 Å². The fourth-order valence-electron chi connectivity index (χ4n) is 3.90. The maximum atomic E-state index is 11.4. The third kappa shape index (κ3) is 3.27. The van der Waals surface area contributed by atoms with E-state index in [-0.39, 0.29) is 28.6 Å². The summed E-state index contributed by atoms with van der Waals surface area (Å²) in [6.07, 6.45) is 0.654. The zero-order chi connectivity index (χ0) is 20.9. The second kappa shape index (κ2) is 7.00. The summed E-state index contributed by atoms with van der Waals surface area (Å²) < 4.78 is 11.1. The number of ether oxygens (including phenoxy) is 2. The quantitative estimate of drug-likeness (QED) is 0.459. The number of nitro groups is 1. The van der Waals surface area contributed by atoms with Crippen molar-refractivity contribution >= 4 is 28.7 Å². The Kier molecular flexibility index (Phi) is 4.62. The monoisotopic (exact) mass is 412 g/mol. The van der Waals surface area contributed by atoms with E-state index >= 15 is 0 Å². The van der Waals surface area contributed by atoms with Gasteiger partial charge in [0, 0.05) is 22.3 Å². The van der Waals surface area contributed by atoms with E-state index in [0.717, 1.165) is 16.7 Å². The summed E-state index contributed by atoms with van der Waals surface area (Å²) in [7, 11) is 0. The van der Waals surface area contributed by atoms with Gasteiger partial charge in [0.1, 0.15) is 0 Å². The van der Waals surface area contributed by atoms with Crippen molar-refractivity contribution in [3.05, 3.63) is 62.2 Å². The lowest BCUT2D eigenvalue weighted by Gasteiger charge is -2.23. The summed E-state index contributed by atoms with van der Waals surface area (Å²) in [5, 5.41) is 17.9. The number of nitro benzene ring substituents is 1. The van der Waals surface area contributed by atoms with Gasteiger partial charge in [0.25, 0.3) is 5.69 Å². The molecule has 2 N–H and O–H groups in total. The van der Waals surface area contributed by atoms with Gasteiger partial charge in [-0.2, -0.15) is 5.10 Å². The molecule has 9 heteroatoms. The molecule has 1 atom stereocenters. The van der Waals surface area contributed by atoms with E-state index in [1.807, 2.05) is 19.1 Å². The average molecular weight is 412 g/mol. The second-order valence-electron chi connectivity index (χ2n) is 7.26. The zero-order valence-corrected chi connectivity index (χ0v) is 17.1. The number of fused-ring (bicyclic) bond motifs is 2. The molecule has 2 aliphatic rings. The van der Waals surface area contributed by atoms with Crippen LogP contribution < -0.4 is 15.2 Å². The molecule has 29 heavy (non-hydrogen) atoms. The lowest BCUT2D eigenvalue weighted by Crippen LogP contribution is -2.38. The van der Waals surface area contributed by atoms with Crippen molar-refractivity contribution in [3.63, 3.8) is 0 Å². The molecule has 1 unspecified atom stereocenters. The molecule has 2 aromatic rings. The number of hydrogen-bond acceptors (Lipinski definition) is 6. The van der Waals surface area contributed by atoms with Crippen LogP contribution in [0.2, 0.25) is 0 Å². The Morgan fingerprint density at radius 1 is 1.24 bits per heavy atom. The highest BCUT2D eigenvalue weighted by Crippen LogP contribution is 2.38. The summed E-state index contributed by atoms with van der Waals surface area (Å²) >= 11 is 5.22. The highest BCUT2D eigenvalue weighted by Gasteiger charge is 2.29. The average Bonchev–Trinajstić information content (AvgIpc) is 3.02. The molecule has 0 amide bonds. The summed E-state index contributed by atoms with van der Waals surface area (Å²) in [6, 6.07) is 7.33. The van der Waals surface area contributed by atoms with Crippen LogP contribution >= 0.6 is 12.2 Å². The molecule has 0 aliphatic carbocycles. The second-order valence-corrected chi connectivity index (χ2v) is 7.68. The molecule has 0 saturated heterocycles. The number of thiocarbonyl (C=S) groups is 1. The normalized spacial score (nSPS) is 17.4. The van der Waals surface area contributed by atoms with Crippen LogP contribution in [-0.2, 0) is 6.42 Å². The maximum absolute atomic E-state index is 11.4. The van der Waals surface area contributed by atoms with Crippen LogP contribution in [0.15, 0.2) is 29.4 Å². The Balaban J connectivity index is 1.96. The standard InChI is InChI=1S/C20H20N4O4S/c1-10-4-14(5-11(2)19(10)24(25)26)18-15-8-17-16(27-9-28-17)7-13(15)6-12(3)23(22-18)20(21)29/h4-5,7-8,12H,6,9H2,1-3H3,(H2,21,29). The van der Waals surface area contributed by atoms with Crippen molar-refractivity contribution < 1.29 is 14.4 Å². The Morgan fingerprint density at radius 3 is 2.45 bits per heavy atom. The van der Waals surface area contributed by atoms with Crippen LogP contribution in [0, 0.1) is 24.0 Å². The number of benzene rings is 2. The Morgan fingerprint density at radius 2 is 1.86 bits per heavy atom. The largest absolute Gasteiger partial charge is 0.454 e. The number of hydrazone groups is 1. The summed E-state index contributed by atoms with van der Waals surface area (Å²) in [5.74, 6) is 1.33. The molecule has 0 aromatic heterocycles. The van der Waals surface area contributed by atoms with Gasteiger partial charge in [-0.3, -0.25) is 10.1 Å². The molecule has 0 fully saturated rings. The highest BCUT2D eigenvalue weighted by atomic mass is 32.1. The van der Waals surface area contributed by atoms with E-state index in [4.69, 9.17) is 32.5 Å². The first-order valence-corrected chi connectivity index (χ1v) is 9.53. The number of hydrogen-bond donors (Lipinski definition) is 1. The molecule has 150 valence electrons. The lowest BCUT2D eigenvalue weighted by molar-refractivity contribution is -0.386. The minimum Gasteiger partial charge on any atom is -0.454 e. The third-order valence-corrected chi connectivity index (χ3v) is 5.35. The van der Waals surface area contributed by atoms with Crippen LogP contribution in [0.5, 0.6) is 11.5 Å². The van der Waals surface area contributed by atoms with E-state index in [0.29, 0.717) is 34.8 Å². The van der Waals surface area contributed by atoms with Gasteiger partial charge in [-0.25, -0.2) is 5.01 Å². The summed E-state index contributed by atoms with van der Waals surface area (Å²) in [4.78, 5) is 11.0. The van der Waals surface area contributed by atoms with Crippen molar-refractivity contribution in [3.8, 4) is 11.5 Å². The van der Waals surface area contributed by atoms with Crippen LogP contribution in [0.1, 0.15) is 34.7 Å². The van der Waals surface area contributed by atoms with Gasteiger partial charge < -0.3 is 15.2 Å². The molecule has 0 radical (unpaired) electrons. The zero-order valence-electron chi connectivity index (χ0n) is 16.3. The van der Waals surface area contributed by atoms with Gasteiger partial charge in [0.15, 0.2) is 16.6 Å². The number of rotatable bonds is 2. The predicted molar refractivity (Wildman–Crippen MR) is 113 cm³/mol. The minimum absolute atomic E-state index is 0.0654. The third-order valence-electron chi connectivity index (χ3n) is 5.17. The van der Waals surface area contributed by atoms with Crippen molar-refractivity contribution in [2.75, 3.05) is 6.79 Å². The Hall–Kier alpha value is -3.20. The molecule has 2 aliphatic heterocycles. The first-order valence-electron chi connectivity index (χ1n) is 9.12. The fourth-order valence-corrected chi connectivity index (χ4v) is 4.12. The predicted octanol–water partition coefficient (Wildman–Crippen LogP) is 3.18. The van der Waals surface area contributed by atoms with Gasteiger partial charge in [-0.05, 0) is 69.2 Å². The molecule has 2 aromatic carbocycles. The van der Waals surface area contributed by atoms with Crippen LogP contribution in [-0.4, -0.2) is 33.6 Å². The fraction of sp³-hybridized carbons (Fsp3) is 0.300. The van der Waals surface area contributed by atoms with Crippen molar-refractivity contribution in [1.82, 2.24) is 5.01 Å². The Labute approximate surface area is 173 Å². The molecule has 2 heterocycles. The summed E-state index contributed by atoms with van der Waals surface area (Å²) in [5.41, 5.74) is 10.4. The molecule has 0 bridgehead atoms. The topological polar surface area (TPSA) is 103 Å². The number of nitrogens with zero attached hydrogens (tertiary/aromatic N) is 3. The van der Waals surface area contributed by atoms with Crippen molar-refractivity contribution in [2.24, 2.45) is 10.8 Å². The highest BCUT2D eigenvalue weighted by molar-refractivity contribution is 7.80. The first-order chi connectivity index (χ1) is 13.8. The van der Waals surface area contributed by atoms with Gasteiger partial charge in [-0.15, -0.1) is 0 Å². The number of nitrogens with two attached hydrogens (primary N) is 1. The van der Waals surface area contributed by atoms with Crippen LogP contribution in [0.25, 0.3) is 0 Å². The molecule has 8 nitrogen and oxygen atoms in total. The molecular formula is C20H20N4O4S. The molecule has 4 rings (SSSR count). The van der Waals surface area contributed by atoms with Crippen molar-refractivity contribution in [2.45, 2.75) is 33.2 Å². The maximum Gasteiger partial charge on any atom is 0.275 e. The van der Waals surface area contributed by atoms with E-state index in [9.17, 15) is 10.1 Å².